The zero-order valence-electron chi connectivity index (χ0n) is 13.7. The summed E-state index contributed by atoms with van der Waals surface area (Å²) in [6.07, 6.45) is 0.988. The smallest absolute Gasteiger partial charge is 0.200 e. The maximum Gasteiger partial charge on any atom is 0.200 e. The zero-order valence-corrected chi connectivity index (χ0v) is 16.3. The van der Waals surface area contributed by atoms with Crippen LogP contribution in [-0.2, 0) is 10.8 Å². The molecule has 20 heavy (non-hydrogen) atoms. The highest BCUT2D eigenvalue weighted by molar-refractivity contribution is 9.10. The maximum absolute atomic E-state index is 6.59. The van der Waals surface area contributed by atoms with Crippen LogP contribution in [0.2, 0.25) is 16.6 Å². The number of benzene rings is 1. The summed E-state index contributed by atoms with van der Waals surface area (Å²) in [5, 5.41) is 0. The molecular weight excluding hydrogens is 328 g/mol. The van der Waals surface area contributed by atoms with Gasteiger partial charge >= 0.3 is 0 Å². The molecule has 0 unspecified atom stereocenters. The van der Waals surface area contributed by atoms with E-state index in [1.807, 2.05) is 0 Å². The second-order valence-electron chi connectivity index (χ2n) is 6.51. The molecule has 0 fully saturated rings. The Morgan fingerprint density at radius 2 is 1.45 bits per heavy atom. The maximum atomic E-state index is 6.59. The summed E-state index contributed by atoms with van der Waals surface area (Å²) < 4.78 is 7.78. The van der Waals surface area contributed by atoms with E-state index in [2.05, 4.69) is 81.7 Å². The highest BCUT2D eigenvalue weighted by Gasteiger charge is 2.44. The third kappa shape index (κ3) is 3.96. The van der Waals surface area contributed by atoms with Gasteiger partial charge in [-0.1, -0.05) is 75.7 Å². The van der Waals surface area contributed by atoms with Gasteiger partial charge in [-0.2, -0.15) is 0 Å². The molecule has 0 amide bonds. The first kappa shape index (κ1) is 17.9. The Morgan fingerprint density at radius 3 is 1.90 bits per heavy atom. The van der Waals surface area contributed by atoms with E-state index < -0.39 is 8.32 Å². The van der Waals surface area contributed by atoms with E-state index in [0.717, 1.165) is 13.0 Å². The Hall–Kier alpha value is -0.123. The monoisotopic (exact) mass is 356 g/mol. The standard InChI is InChI=1S/C17H29BrOSi/c1-13(2)20(14(3)4,15(5)6)19-12-11-16-9-7-8-10-17(16)18/h7-10,13-15H,11-12H2,1-6H3. The van der Waals surface area contributed by atoms with Crippen LogP contribution in [0.3, 0.4) is 0 Å². The minimum Gasteiger partial charge on any atom is -0.416 e. The summed E-state index contributed by atoms with van der Waals surface area (Å²) in [5.41, 5.74) is 3.30. The van der Waals surface area contributed by atoms with Gasteiger partial charge in [-0.15, -0.1) is 0 Å². The van der Waals surface area contributed by atoms with Crippen LogP contribution in [0.4, 0.5) is 0 Å². The lowest BCUT2D eigenvalue weighted by atomic mass is 10.2. The highest BCUT2D eigenvalue weighted by atomic mass is 79.9. The topological polar surface area (TPSA) is 9.23 Å². The fourth-order valence-corrected chi connectivity index (χ4v) is 9.48. The second-order valence-corrected chi connectivity index (χ2v) is 12.8. The van der Waals surface area contributed by atoms with Crippen molar-refractivity contribution >= 4 is 24.2 Å². The summed E-state index contributed by atoms with van der Waals surface area (Å²) >= 11 is 3.62. The van der Waals surface area contributed by atoms with E-state index in [4.69, 9.17) is 4.43 Å². The third-order valence-corrected chi connectivity index (χ3v) is 11.3. The highest BCUT2D eigenvalue weighted by Crippen LogP contribution is 2.42. The fraction of sp³-hybridized carbons (Fsp3) is 0.647. The first-order chi connectivity index (χ1) is 9.32. The van der Waals surface area contributed by atoms with Gasteiger partial charge in [0, 0.05) is 11.1 Å². The first-order valence-electron chi connectivity index (χ1n) is 7.69. The van der Waals surface area contributed by atoms with Crippen molar-refractivity contribution in [3.05, 3.63) is 34.3 Å². The molecule has 0 N–H and O–H groups in total. The van der Waals surface area contributed by atoms with Crippen LogP contribution in [0.15, 0.2) is 28.7 Å². The average Bonchev–Trinajstić information content (AvgIpc) is 2.35. The van der Waals surface area contributed by atoms with Gasteiger partial charge in [0.2, 0.25) is 0 Å². The molecule has 0 saturated heterocycles. The van der Waals surface area contributed by atoms with E-state index in [1.165, 1.54) is 10.0 Å². The molecule has 3 heteroatoms. The molecule has 1 aromatic carbocycles. The SMILES string of the molecule is CC(C)[Si](OCCc1ccccc1Br)(C(C)C)C(C)C. The van der Waals surface area contributed by atoms with Crippen LogP contribution in [0.5, 0.6) is 0 Å². The molecule has 0 saturated carbocycles. The van der Waals surface area contributed by atoms with E-state index in [0.29, 0.717) is 16.6 Å². The Balaban J connectivity index is 2.76. The van der Waals surface area contributed by atoms with Crippen LogP contribution in [-0.4, -0.2) is 14.9 Å². The Kier molecular flexibility index (Phi) is 6.96. The van der Waals surface area contributed by atoms with Crippen LogP contribution in [0.25, 0.3) is 0 Å². The fourth-order valence-electron chi connectivity index (χ4n) is 3.54. The van der Waals surface area contributed by atoms with Crippen molar-refractivity contribution in [2.45, 2.75) is 64.6 Å². The van der Waals surface area contributed by atoms with Gasteiger partial charge in [0.05, 0.1) is 0 Å². The minimum atomic E-state index is -1.71. The molecule has 0 heterocycles. The van der Waals surface area contributed by atoms with Gasteiger partial charge in [0.15, 0.2) is 8.32 Å². The molecule has 1 rings (SSSR count). The summed E-state index contributed by atoms with van der Waals surface area (Å²) in [6.45, 7) is 14.9. The van der Waals surface area contributed by atoms with Gasteiger partial charge in [-0.3, -0.25) is 0 Å². The minimum absolute atomic E-state index is 0.654. The van der Waals surface area contributed by atoms with Gasteiger partial charge in [-0.05, 0) is 34.7 Å². The zero-order chi connectivity index (χ0) is 15.3. The van der Waals surface area contributed by atoms with E-state index >= 15 is 0 Å². The van der Waals surface area contributed by atoms with Crippen molar-refractivity contribution in [2.24, 2.45) is 0 Å². The Bertz CT molecular complexity index is 393. The van der Waals surface area contributed by atoms with E-state index in [9.17, 15) is 0 Å². The van der Waals surface area contributed by atoms with Crippen molar-refractivity contribution in [3.63, 3.8) is 0 Å². The van der Waals surface area contributed by atoms with E-state index in [-0.39, 0.29) is 0 Å². The second kappa shape index (κ2) is 7.76. The summed E-state index contributed by atoms with van der Waals surface area (Å²) in [5.74, 6) is 0. The molecule has 0 spiro atoms. The molecule has 114 valence electrons. The van der Waals surface area contributed by atoms with Crippen molar-refractivity contribution in [2.75, 3.05) is 6.61 Å². The summed E-state index contributed by atoms with van der Waals surface area (Å²) in [4.78, 5) is 0. The lowest BCUT2D eigenvalue weighted by Gasteiger charge is -2.42. The average molecular weight is 357 g/mol. The third-order valence-electron chi connectivity index (χ3n) is 4.39. The van der Waals surface area contributed by atoms with Gasteiger partial charge < -0.3 is 4.43 Å². The molecule has 0 atom stereocenters. The quantitative estimate of drug-likeness (QED) is 0.529. The first-order valence-corrected chi connectivity index (χ1v) is 10.6. The normalized spacial score (nSPS) is 12.7. The number of rotatable bonds is 7. The number of hydrogen-bond acceptors (Lipinski definition) is 1. The Morgan fingerprint density at radius 1 is 0.950 bits per heavy atom. The van der Waals surface area contributed by atoms with E-state index in [1.54, 1.807) is 0 Å². The lowest BCUT2D eigenvalue weighted by Crippen LogP contribution is -2.48. The molecule has 0 aliphatic rings. The predicted molar refractivity (Wildman–Crippen MR) is 94.8 cm³/mol. The molecule has 0 radical (unpaired) electrons. The molecule has 1 nitrogen and oxygen atoms in total. The Labute approximate surface area is 134 Å². The number of hydrogen-bond donors (Lipinski definition) is 0. The van der Waals surface area contributed by atoms with Crippen LogP contribution >= 0.6 is 15.9 Å². The van der Waals surface area contributed by atoms with Crippen LogP contribution < -0.4 is 0 Å². The summed E-state index contributed by atoms with van der Waals surface area (Å²) in [7, 11) is -1.71. The van der Waals surface area contributed by atoms with Crippen molar-refractivity contribution < 1.29 is 4.43 Å². The summed E-state index contributed by atoms with van der Waals surface area (Å²) in [6, 6.07) is 8.44. The molecular formula is C17H29BrOSi. The van der Waals surface area contributed by atoms with Crippen molar-refractivity contribution in [1.29, 1.82) is 0 Å². The van der Waals surface area contributed by atoms with Crippen molar-refractivity contribution in [1.82, 2.24) is 0 Å². The number of halogens is 1. The molecule has 0 aliphatic heterocycles. The largest absolute Gasteiger partial charge is 0.416 e. The molecule has 0 aliphatic carbocycles. The lowest BCUT2D eigenvalue weighted by molar-refractivity contribution is 0.281. The van der Waals surface area contributed by atoms with Crippen molar-refractivity contribution in [3.8, 4) is 0 Å². The predicted octanol–water partition coefficient (Wildman–Crippen LogP) is 6.18. The molecule has 0 aromatic heterocycles. The molecule has 1 aromatic rings. The van der Waals surface area contributed by atoms with Crippen LogP contribution in [0, 0.1) is 0 Å². The van der Waals surface area contributed by atoms with Gasteiger partial charge in [-0.25, -0.2) is 0 Å². The molecule has 0 bridgehead atoms. The van der Waals surface area contributed by atoms with Gasteiger partial charge in [0.25, 0.3) is 0 Å². The van der Waals surface area contributed by atoms with Crippen LogP contribution in [0.1, 0.15) is 47.1 Å². The van der Waals surface area contributed by atoms with Gasteiger partial charge in [0.1, 0.15) is 0 Å².